The van der Waals surface area contributed by atoms with Crippen LogP contribution in [0.3, 0.4) is 0 Å². The fraction of sp³-hybridized carbons (Fsp3) is 0.438. The summed E-state index contributed by atoms with van der Waals surface area (Å²) in [6, 6.07) is 5.24. The third-order valence-corrected chi connectivity index (χ3v) is 2.89. The molecule has 0 heterocycles. The van der Waals surface area contributed by atoms with Crippen LogP contribution in [0, 0.1) is 10.1 Å². The number of rotatable bonds is 9. The molecule has 0 aliphatic heterocycles. The average molecular weight is 307 g/mol. The first-order chi connectivity index (χ1) is 10.6. The number of nitro benzene ring substituents is 1. The molecule has 6 nitrogen and oxygen atoms in total. The lowest BCUT2D eigenvalue weighted by Gasteiger charge is -2.04. The zero-order valence-corrected chi connectivity index (χ0v) is 12.7. The smallest absolute Gasteiger partial charge is 0.434 e. The lowest BCUT2D eigenvalue weighted by molar-refractivity contribution is -0.384. The maximum Gasteiger partial charge on any atom is 0.513 e. The van der Waals surface area contributed by atoms with Crippen molar-refractivity contribution in [3.63, 3.8) is 0 Å². The Kier molecular flexibility index (Phi) is 8.33. The fourth-order valence-corrected chi connectivity index (χ4v) is 1.72. The minimum Gasteiger partial charge on any atom is -0.434 e. The lowest BCUT2D eigenvalue weighted by atomic mass is 10.2. The Morgan fingerprint density at radius 3 is 2.50 bits per heavy atom. The van der Waals surface area contributed by atoms with Gasteiger partial charge in [-0.15, -0.1) is 0 Å². The molecule has 0 amide bonds. The highest BCUT2D eigenvalue weighted by Crippen LogP contribution is 2.17. The van der Waals surface area contributed by atoms with E-state index in [1.54, 1.807) is 0 Å². The number of allylic oxidation sites excluding steroid dienone is 1. The standard InChI is InChI=1S/C16H21NO5/c1-2-3-4-5-6-7-8-13-21-16(18)22-15-11-9-14(10-12-15)17(19)20/h6-7,9-12H,2-5,8,13H2,1H3/b7-6-. The van der Waals surface area contributed by atoms with Crippen molar-refractivity contribution in [2.75, 3.05) is 6.61 Å². The van der Waals surface area contributed by atoms with Crippen molar-refractivity contribution in [1.82, 2.24) is 0 Å². The van der Waals surface area contributed by atoms with Gasteiger partial charge in [0.25, 0.3) is 5.69 Å². The molecular weight excluding hydrogens is 286 g/mol. The molecule has 120 valence electrons. The summed E-state index contributed by atoms with van der Waals surface area (Å²) in [5.41, 5.74) is -0.0612. The first kappa shape index (κ1) is 17.7. The predicted octanol–water partition coefficient (Wildman–Crippen LogP) is 4.64. The second-order valence-electron chi connectivity index (χ2n) is 4.71. The number of carbonyl (C=O) groups excluding carboxylic acids is 1. The summed E-state index contributed by atoms with van der Waals surface area (Å²) in [7, 11) is 0. The Morgan fingerprint density at radius 2 is 1.86 bits per heavy atom. The quantitative estimate of drug-likeness (QED) is 0.166. The van der Waals surface area contributed by atoms with Crippen LogP contribution in [0.25, 0.3) is 0 Å². The number of nitrogens with zero attached hydrogens (tertiary/aromatic N) is 1. The maximum atomic E-state index is 11.4. The molecule has 0 aliphatic carbocycles. The number of ether oxygens (including phenoxy) is 2. The van der Waals surface area contributed by atoms with Crippen molar-refractivity contribution < 1.29 is 19.2 Å². The third-order valence-electron chi connectivity index (χ3n) is 2.89. The molecular formula is C16H21NO5. The van der Waals surface area contributed by atoms with Crippen molar-refractivity contribution in [3.05, 3.63) is 46.5 Å². The molecule has 0 bridgehead atoms. The van der Waals surface area contributed by atoms with Gasteiger partial charge in [0, 0.05) is 12.1 Å². The number of carbonyl (C=O) groups is 1. The first-order valence-corrected chi connectivity index (χ1v) is 7.37. The maximum absolute atomic E-state index is 11.4. The topological polar surface area (TPSA) is 78.7 Å². The van der Waals surface area contributed by atoms with Gasteiger partial charge in [-0.3, -0.25) is 10.1 Å². The van der Waals surface area contributed by atoms with E-state index < -0.39 is 11.1 Å². The second-order valence-corrected chi connectivity index (χ2v) is 4.71. The number of nitro groups is 1. The minimum absolute atomic E-state index is 0.0612. The van der Waals surface area contributed by atoms with E-state index in [1.165, 1.54) is 43.5 Å². The molecule has 0 N–H and O–H groups in total. The molecule has 0 fully saturated rings. The minimum atomic E-state index is -0.812. The van der Waals surface area contributed by atoms with Crippen LogP contribution in [0.1, 0.15) is 39.0 Å². The summed E-state index contributed by atoms with van der Waals surface area (Å²) in [6.45, 7) is 2.41. The van der Waals surface area contributed by atoms with E-state index in [9.17, 15) is 14.9 Å². The van der Waals surface area contributed by atoms with Crippen LogP contribution in [-0.4, -0.2) is 17.7 Å². The molecule has 0 aliphatic rings. The van der Waals surface area contributed by atoms with Gasteiger partial charge in [0.05, 0.1) is 11.5 Å². The highest BCUT2D eigenvalue weighted by Gasteiger charge is 2.08. The highest BCUT2D eigenvalue weighted by molar-refractivity contribution is 5.63. The SMILES string of the molecule is CCCCC/C=C\CCOC(=O)Oc1ccc([N+](=O)[O-])cc1. The summed E-state index contributed by atoms with van der Waals surface area (Å²) >= 11 is 0. The first-order valence-electron chi connectivity index (χ1n) is 7.37. The number of hydrogen-bond donors (Lipinski definition) is 0. The third kappa shape index (κ3) is 7.42. The van der Waals surface area contributed by atoms with Crippen LogP contribution < -0.4 is 4.74 Å². The van der Waals surface area contributed by atoms with Gasteiger partial charge in [-0.2, -0.15) is 0 Å². The van der Waals surface area contributed by atoms with Gasteiger partial charge < -0.3 is 9.47 Å². The molecule has 6 heteroatoms. The van der Waals surface area contributed by atoms with Gasteiger partial charge in [-0.1, -0.05) is 31.9 Å². The van der Waals surface area contributed by atoms with Crippen LogP contribution in [0.15, 0.2) is 36.4 Å². The largest absolute Gasteiger partial charge is 0.513 e. The summed E-state index contributed by atoms with van der Waals surface area (Å²) in [4.78, 5) is 21.4. The van der Waals surface area contributed by atoms with Crippen molar-refractivity contribution in [3.8, 4) is 5.75 Å². The van der Waals surface area contributed by atoms with Crippen molar-refractivity contribution in [2.45, 2.75) is 39.0 Å². The van der Waals surface area contributed by atoms with E-state index >= 15 is 0 Å². The molecule has 22 heavy (non-hydrogen) atoms. The summed E-state index contributed by atoms with van der Waals surface area (Å²) < 4.78 is 9.81. The van der Waals surface area contributed by atoms with Gasteiger partial charge in [0.1, 0.15) is 5.75 Å². The summed E-state index contributed by atoms with van der Waals surface area (Å²) in [5, 5.41) is 10.5. The Balaban J connectivity index is 2.19. The number of benzene rings is 1. The van der Waals surface area contributed by atoms with E-state index in [0.717, 1.165) is 6.42 Å². The number of unbranched alkanes of at least 4 members (excludes halogenated alkanes) is 3. The molecule has 0 spiro atoms. The van der Waals surface area contributed by atoms with Gasteiger partial charge >= 0.3 is 6.16 Å². The number of hydrogen-bond acceptors (Lipinski definition) is 5. The molecule has 0 unspecified atom stereocenters. The zero-order valence-electron chi connectivity index (χ0n) is 12.7. The lowest BCUT2D eigenvalue weighted by Crippen LogP contribution is -2.11. The van der Waals surface area contributed by atoms with E-state index in [-0.39, 0.29) is 18.0 Å². The van der Waals surface area contributed by atoms with E-state index in [4.69, 9.17) is 9.47 Å². The molecule has 0 saturated carbocycles. The molecule has 1 rings (SSSR count). The number of non-ortho nitro benzene ring substituents is 1. The van der Waals surface area contributed by atoms with Crippen molar-refractivity contribution in [2.24, 2.45) is 0 Å². The van der Waals surface area contributed by atoms with Crippen LogP contribution in [0.4, 0.5) is 10.5 Å². The molecule has 0 saturated heterocycles. The van der Waals surface area contributed by atoms with Crippen LogP contribution in [0.5, 0.6) is 5.75 Å². The Morgan fingerprint density at radius 1 is 1.18 bits per heavy atom. The Bertz CT molecular complexity index is 496. The van der Waals surface area contributed by atoms with Crippen LogP contribution in [0.2, 0.25) is 0 Å². The Labute approximate surface area is 129 Å². The van der Waals surface area contributed by atoms with Crippen LogP contribution >= 0.6 is 0 Å². The van der Waals surface area contributed by atoms with Gasteiger partial charge in [-0.05, 0) is 31.4 Å². The van der Waals surface area contributed by atoms with Gasteiger partial charge in [0.2, 0.25) is 0 Å². The van der Waals surface area contributed by atoms with E-state index in [1.807, 2.05) is 6.08 Å². The second kappa shape index (κ2) is 10.4. The normalized spacial score (nSPS) is 10.6. The molecule has 1 aromatic rings. The van der Waals surface area contributed by atoms with Gasteiger partial charge in [0.15, 0.2) is 0 Å². The van der Waals surface area contributed by atoms with E-state index in [2.05, 4.69) is 13.0 Å². The molecule has 0 aromatic heterocycles. The Hall–Kier alpha value is -2.37. The monoisotopic (exact) mass is 307 g/mol. The van der Waals surface area contributed by atoms with E-state index in [0.29, 0.717) is 6.42 Å². The van der Waals surface area contributed by atoms with Crippen molar-refractivity contribution in [1.29, 1.82) is 0 Å². The predicted molar refractivity (Wildman–Crippen MR) is 83.0 cm³/mol. The zero-order chi connectivity index (χ0) is 16.2. The van der Waals surface area contributed by atoms with Gasteiger partial charge in [-0.25, -0.2) is 4.79 Å². The molecule has 0 radical (unpaired) electrons. The summed E-state index contributed by atoms with van der Waals surface area (Å²) in [5.74, 6) is 0.214. The highest BCUT2D eigenvalue weighted by atomic mass is 16.7. The van der Waals surface area contributed by atoms with Crippen molar-refractivity contribution >= 4 is 11.8 Å². The van der Waals surface area contributed by atoms with Crippen LogP contribution in [-0.2, 0) is 4.74 Å². The fourth-order valence-electron chi connectivity index (χ4n) is 1.72. The average Bonchev–Trinajstić information content (AvgIpc) is 2.50. The summed E-state index contributed by atoms with van der Waals surface area (Å²) in [6.07, 6.45) is 8.54. The molecule has 0 atom stereocenters. The molecule has 1 aromatic carbocycles.